The van der Waals surface area contributed by atoms with Gasteiger partial charge >= 0.3 is 17.9 Å². The Kier molecular flexibility index (Phi) is 55.2. The zero-order valence-electron chi connectivity index (χ0n) is 45.5. The van der Waals surface area contributed by atoms with Crippen LogP contribution in [0.1, 0.15) is 342 Å². The molecule has 1 unspecified atom stereocenters. The van der Waals surface area contributed by atoms with E-state index in [-0.39, 0.29) is 31.1 Å². The Balaban J connectivity index is 3.91. The molecule has 0 aromatic heterocycles. The van der Waals surface area contributed by atoms with Gasteiger partial charge in [-0.25, -0.2) is 0 Å². The van der Waals surface area contributed by atoms with Crippen molar-refractivity contribution in [2.45, 2.75) is 348 Å². The predicted molar refractivity (Wildman–Crippen MR) is 289 cm³/mol. The molecule has 0 aliphatic carbocycles. The monoisotopic (exact) mass is 945 g/mol. The molecule has 0 saturated carbocycles. The van der Waals surface area contributed by atoms with E-state index >= 15 is 0 Å². The molecule has 0 aliphatic rings. The van der Waals surface area contributed by atoms with E-state index in [1.165, 1.54) is 238 Å². The third kappa shape index (κ3) is 55.0. The fourth-order valence-corrected chi connectivity index (χ4v) is 9.21. The first-order chi connectivity index (χ1) is 33.0. The van der Waals surface area contributed by atoms with E-state index in [4.69, 9.17) is 14.2 Å². The molecule has 0 spiro atoms. The Hall–Kier alpha value is -1.85. The lowest BCUT2D eigenvalue weighted by molar-refractivity contribution is -0.167. The lowest BCUT2D eigenvalue weighted by Crippen LogP contribution is -2.30. The van der Waals surface area contributed by atoms with Gasteiger partial charge in [-0.2, -0.15) is 0 Å². The number of rotatable bonds is 56. The van der Waals surface area contributed by atoms with Gasteiger partial charge in [0.1, 0.15) is 13.2 Å². The zero-order valence-corrected chi connectivity index (χ0v) is 45.5. The summed E-state index contributed by atoms with van der Waals surface area (Å²) >= 11 is 0. The highest BCUT2D eigenvalue weighted by Gasteiger charge is 2.19. The summed E-state index contributed by atoms with van der Waals surface area (Å²) in [7, 11) is 0. The van der Waals surface area contributed by atoms with Crippen molar-refractivity contribution in [1.82, 2.24) is 0 Å². The van der Waals surface area contributed by atoms with E-state index in [1.807, 2.05) is 0 Å². The molecule has 396 valence electrons. The Morgan fingerprint density at radius 2 is 0.493 bits per heavy atom. The summed E-state index contributed by atoms with van der Waals surface area (Å²) in [5, 5.41) is 0. The molecule has 0 rings (SSSR count). The normalized spacial score (nSPS) is 12.0. The largest absolute Gasteiger partial charge is 0.462 e. The van der Waals surface area contributed by atoms with Gasteiger partial charge in [-0.05, 0) is 44.9 Å². The molecule has 1 atom stereocenters. The lowest BCUT2D eigenvalue weighted by atomic mass is 10.0. The smallest absolute Gasteiger partial charge is 0.306 e. The zero-order chi connectivity index (χ0) is 48.6. The number of carbonyl (C=O) groups excluding carboxylic acids is 3. The van der Waals surface area contributed by atoms with E-state index in [2.05, 4.69) is 32.9 Å². The van der Waals surface area contributed by atoms with Crippen molar-refractivity contribution in [3.05, 3.63) is 12.2 Å². The molecule has 0 amide bonds. The minimum atomic E-state index is -0.767. The van der Waals surface area contributed by atoms with Crippen molar-refractivity contribution < 1.29 is 28.6 Å². The summed E-state index contributed by atoms with van der Waals surface area (Å²) in [6.07, 6.45) is 65.6. The van der Waals surface area contributed by atoms with E-state index < -0.39 is 6.10 Å². The van der Waals surface area contributed by atoms with Crippen LogP contribution in [0.25, 0.3) is 0 Å². The van der Waals surface area contributed by atoms with Crippen LogP contribution in [-0.4, -0.2) is 37.2 Å². The van der Waals surface area contributed by atoms with Crippen molar-refractivity contribution in [2.24, 2.45) is 0 Å². The van der Waals surface area contributed by atoms with Crippen LogP contribution in [0.4, 0.5) is 0 Å². The van der Waals surface area contributed by atoms with Gasteiger partial charge < -0.3 is 14.2 Å². The molecule has 67 heavy (non-hydrogen) atoms. The van der Waals surface area contributed by atoms with Crippen LogP contribution in [0.5, 0.6) is 0 Å². The maximum absolute atomic E-state index is 12.7. The fraction of sp³-hybridized carbons (Fsp3) is 0.918. The molecular formula is C61H116O6. The number of allylic oxidation sites excluding steroid dienone is 2. The van der Waals surface area contributed by atoms with Crippen LogP contribution in [0.15, 0.2) is 12.2 Å². The summed E-state index contributed by atoms with van der Waals surface area (Å²) in [4.78, 5) is 37.8. The van der Waals surface area contributed by atoms with Crippen LogP contribution < -0.4 is 0 Å². The average Bonchev–Trinajstić information content (AvgIpc) is 3.33. The van der Waals surface area contributed by atoms with Gasteiger partial charge in [0, 0.05) is 19.3 Å². The molecular weight excluding hydrogens is 829 g/mol. The quantitative estimate of drug-likeness (QED) is 0.0262. The topological polar surface area (TPSA) is 78.9 Å². The Morgan fingerprint density at radius 1 is 0.284 bits per heavy atom. The third-order valence-electron chi connectivity index (χ3n) is 13.8. The van der Waals surface area contributed by atoms with Gasteiger partial charge in [-0.1, -0.05) is 290 Å². The van der Waals surface area contributed by atoms with Gasteiger partial charge in [0.25, 0.3) is 0 Å². The Bertz CT molecular complexity index is 1040. The number of ether oxygens (including phenoxy) is 3. The van der Waals surface area contributed by atoms with Gasteiger partial charge in [-0.3, -0.25) is 14.4 Å². The molecule has 0 radical (unpaired) electrons. The lowest BCUT2D eigenvalue weighted by Gasteiger charge is -2.18. The molecule has 0 aromatic rings. The second kappa shape index (κ2) is 56.7. The summed E-state index contributed by atoms with van der Waals surface area (Å²) in [6, 6.07) is 0. The molecule has 0 bridgehead atoms. The SMILES string of the molecule is CCCCCC/C=C\CCCCCCCC(=O)OC(COC(=O)CCCCCCCC)COC(=O)CCCCCCCCCCCCCCCCCCCCCCCCCCCCCCCC. The van der Waals surface area contributed by atoms with Crippen molar-refractivity contribution in [3.63, 3.8) is 0 Å². The van der Waals surface area contributed by atoms with Crippen LogP contribution in [0.3, 0.4) is 0 Å². The maximum Gasteiger partial charge on any atom is 0.306 e. The maximum atomic E-state index is 12.7. The van der Waals surface area contributed by atoms with Crippen LogP contribution in [-0.2, 0) is 28.6 Å². The summed E-state index contributed by atoms with van der Waals surface area (Å²) in [6.45, 7) is 6.61. The van der Waals surface area contributed by atoms with Gasteiger partial charge in [0.15, 0.2) is 6.10 Å². The Morgan fingerprint density at radius 3 is 0.761 bits per heavy atom. The fourth-order valence-electron chi connectivity index (χ4n) is 9.21. The molecule has 0 saturated heterocycles. The van der Waals surface area contributed by atoms with Crippen LogP contribution in [0, 0.1) is 0 Å². The summed E-state index contributed by atoms with van der Waals surface area (Å²) in [5.74, 6) is -0.869. The van der Waals surface area contributed by atoms with Gasteiger partial charge in [-0.15, -0.1) is 0 Å². The minimum Gasteiger partial charge on any atom is -0.462 e. The molecule has 0 N–H and O–H groups in total. The Labute approximate surface area is 418 Å². The number of carbonyl (C=O) groups is 3. The molecule has 0 heterocycles. The third-order valence-corrected chi connectivity index (χ3v) is 13.8. The number of hydrogen-bond donors (Lipinski definition) is 0. The average molecular weight is 946 g/mol. The first-order valence-electron chi connectivity index (χ1n) is 30.2. The number of hydrogen-bond acceptors (Lipinski definition) is 6. The van der Waals surface area contributed by atoms with Crippen molar-refractivity contribution in [1.29, 1.82) is 0 Å². The van der Waals surface area contributed by atoms with Gasteiger partial charge in [0.05, 0.1) is 0 Å². The van der Waals surface area contributed by atoms with Crippen LogP contribution >= 0.6 is 0 Å². The molecule has 0 aliphatic heterocycles. The van der Waals surface area contributed by atoms with E-state index in [9.17, 15) is 14.4 Å². The van der Waals surface area contributed by atoms with Crippen molar-refractivity contribution >= 4 is 17.9 Å². The van der Waals surface area contributed by atoms with Gasteiger partial charge in [0.2, 0.25) is 0 Å². The second-order valence-corrected chi connectivity index (χ2v) is 20.6. The first kappa shape index (κ1) is 65.1. The van der Waals surface area contributed by atoms with Crippen molar-refractivity contribution in [3.8, 4) is 0 Å². The first-order valence-corrected chi connectivity index (χ1v) is 30.2. The summed E-state index contributed by atoms with van der Waals surface area (Å²) in [5.41, 5.74) is 0. The predicted octanol–water partition coefficient (Wildman–Crippen LogP) is 20.1. The highest BCUT2D eigenvalue weighted by molar-refractivity contribution is 5.71. The summed E-state index contributed by atoms with van der Waals surface area (Å²) < 4.78 is 16.7. The number of esters is 3. The number of unbranched alkanes of at least 4 members (excludes halogenated alkanes) is 43. The molecule has 0 aromatic carbocycles. The minimum absolute atomic E-state index is 0.0689. The molecule has 6 nitrogen and oxygen atoms in total. The van der Waals surface area contributed by atoms with Crippen molar-refractivity contribution in [2.75, 3.05) is 13.2 Å². The van der Waals surface area contributed by atoms with E-state index in [1.54, 1.807) is 0 Å². The second-order valence-electron chi connectivity index (χ2n) is 20.6. The standard InChI is InChI=1S/C61H116O6/c1-4-7-10-13-16-18-20-22-23-24-25-26-27-28-29-30-31-32-33-34-35-36-37-38-40-41-43-45-48-51-54-60(63)66-57-58(56-65-59(62)53-50-47-15-12-9-6-3)67-61(64)55-52-49-46-44-42-39-21-19-17-14-11-8-5-2/h19,21,58H,4-18,20,22-57H2,1-3H3/b21-19-. The molecule has 6 heteroatoms. The van der Waals surface area contributed by atoms with Crippen LogP contribution in [0.2, 0.25) is 0 Å². The highest BCUT2D eigenvalue weighted by Crippen LogP contribution is 2.18. The van der Waals surface area contributed by atoms with E-state index in [0.717, 1.165) is 64.2 Å². The highest BCUT2D eigenvalue weighted by atomic mass is 16.6. The molecule has 0 fully saturated rings. The van der Waals surface area contributed by atoms with E-state index in [0.29, 0.717) is 19.3 Å².